The highest BCUT2D eigenvalue weighted by Gasteiger charge is 2.38. The molecule has 1 fully saturated rings. The van der Waals surface area contributed by atoms with Crippen LogP contribution >= 0.6 is 11.8 Å². The number of hydrogen-bond donors (Lipinski definition) is 0. The molecule has 1 aliphatic heterocycles. The minimum atomic E-state index is -0.196. The van der Waals surface area contributed by atoms with Gasteiger partial charge in [0.05, 0.1) is 10.7 Å². The Morgan fingerprint density at radius 1 is 1.14 bits per heavy atom. The maximum absolute atomic E-state index is 13.0. The van der Waals surface area contributed by atoms with Gasteiger partial charge in [-0.2, -0.15) is 0 Å². The number of carbonyl (C=O) groups excluding carboxylic acids is 1. The highest BCUT2D eigenvalue weighted by molar-refractivity contribution is 8.04. The molecule has 0 aromatic heterocycles. The molecule has 0 radical (unpaired) electrons. The van der Waals surface area contributed by atoms with Crippen molar-refractivity contribution in [3.05, 3.63) is 76.8 Å². The fourth-order valence-electron chi connectivity index (χ4n) is 2.88. The molecule has 3 rings (SSSR count). The molecule has 1 saturated heterocycles. The molecule has 0 aliphatic carbocycles. The summed E-state index contributed by atoms with van der Waals surface area (Å²) in [6, 6.07) is 16.1. The van der Waals surface area contributed by atoms with Gasteiger partial charge in [0.25, 0.3) is 0 Å². The van der Waals surface area contributed by atoms with Gasteiger partial charge in [0.2, 0.25) is 5.91 Å². The van der Waals surface area contributed by atoms with Crippen LogP contribution in [-0.4, -0.2) is 5.91 Å². The predicted octanol–water partition coefficient (Wildman–Crippen LogP) is 4.85. The first-order valence-electron chi connectivity index (χ1n) is 7.46. The quantitative estimate of drug-likeness (QED) is 0.808. The Morgan fingerprint density at radius 3 is 2.55 bits per heavy atom. The normalized spacial score (nSPS) is 18.1. The second kappa shape index (κ2) is 6.01. The van der Waals surface area contributed by atoms with Gasteiger partial charge in [-0.05, 0) is 30.0 Å². The maximum Gasteiger partial charge on any atom is 0.249 e. The van der Waals surface area contributed by atoms with E-state index < -0.39 is 0 Å². The van der Waals surface area contributed by atoms with Crippen LogP contribution in [0.4, 0.5) is 5.69 Å². The lowest BCUT2D eigenvalue weighted by Crippen LogP contribution is -2.26. The van der Waals surface area contributed by atoms with Crippen molar-refractivity contribution in [3.63, 3.8) is 0 Å². The van der Waals surface area contributed by atoms with Gasteiger partial charge in [-0.1, -0.05) is 73.8 Å². The van der Waals surface area contributed by atoms with Crippen molar-refractivity contribution in [2.75, 3.05) is 4.90 Å². The third kappa shape index (κ3) is 2.46. The second-order valence-corrected chi connectivity index (χ2v) is 6.59. The number of anilines is 1. The molecule has 2 nitrogen and oxygen atoms in total. The predicted molar refractivity (Wildman–Crippen MR) is 94.0 cm³/mol. The van der Waals surface area contributed by atoms with Crippen LogP contribution in [0, 0.1) is 6.92 Å². The number of aryl methyl sites for hydroxylation is 2. The molecule has 1 aliphatic rings. The summed E-state index contributed by atoms with van der Waals surface area (Å²) in [6.07, 6.45) is 0.898. The Labute approximate surface area is 135 Å². The van der Waals surface area contributed by atoms with Gasteiger partial charge < -0.3 is 0 Å². The van der Waals surface area contributed by atoms with E-state index in [9.17, 15) is 4.79 Å². The molecule has 2 aromatic rings. The molecule has 1 heterocycles. The monoisotopic (exact) mass is 309 g/mol. The third-order valence-corrected chi connectivity index (χ3v) is 5.14. The van der Waals surface area contributed by atoms with Crippen LogP contribution in [0.15, 0.2) is 60.1 Å². The number of nitrogens with zero attached hydrogens (tertiary/aromatic N) is 1. The number of hydrogen-bond acceptors (Lipinski definition) is 2. The van der Waals surface area contributed by atoms with Crippen LogP contribution in [-0.2, 0) is 11.2 Å². The standard InChI is InChI=1S/C19H19NOS/c1-4-15-12-8-9-13(2)17(15)20-14(3)22-18(19(20)21)16-10-6-5-7-11-16/h5-12,18H,3-4H2,1-2H3. The van der Waals surface area contributed by atoms with Crippen molar-refractivity contribution in [1.82, 2.24) is 0 Å². The molecule has 22 heavy (non-hydrogen) atoms. The van der Waals surface area contributed by atoms with Crippen LogP contribution in [0.3, 0.4) is 0 Å². The van der Waals surface area contributed by atoms with E-state index in [4.69, 9.17) is 0 Å². The van der Waals surface area contributed by atoms with E-state index in [1.165, 1.54) is 17.3 Å². The Balaban J connectivity index is 2.03. The lowest BCUT2D eigenvalue weighted by atomic mass is 10.0. The van der Waals surface area contributed by atoms with Crippen molar-refractivity contribution in [2.45, 2.75) is 25.5 Å². The summed E-state index contributed by atoms with van der Waals surface area (Å²) in [5, 5.41) is 0.612. The first-order chi connectivity index (χ1) is 10.6. The average Bonchev–Trinajstić information content (AvgIpc) is 2.83. The van der Waals surface area contributed by atoms with Crippen LogP contribution in [0.1, 0.15) is 28.9 Å². The van der Waals surface area contributed by atoms with E-state index in [0.29, 0.717) is 0 Å². The number of carbonyl (C=O) groups is 1. The molecule has 1 amide bonds. The van der Waals surface area contributed by atoms with E-state index >= 15 is 0 Å². The number of benzene rings is 2. The van der Waals surface area contributed by atoms with E-state index in [1.807, 2.05) is 36.4 Å². The van der Waals surface area contributed by atoms with E-state index in [1.54, 1.807) is 4.90 Å². The summed E-state index contributed by atoms with van der Waals surface area (Å²) in [4.78, 5) is 14.8. The summed E-state index contributed by atoms with van der Waals surface area (Å²) < 4.78 is 0. The molecule has 0 saturated carbocycles. The second-order valence-electron chi connectivity index (χ2n) is 5.41. The summed E-state index contributed by atoms with van der Waals surface area (Å²) in [5.41, 5.74) is 4.34. The lowest BCUT2D eigenvalue weighted by molar-refractivity contribution is -0.117. The van der Waals surface area contributed by atoms with Gasteiger partial charge in [0.1, 0.15) is 5.25 Å². The van der Waals surface area contributed by atoms with Crippen LogP contribution < -0.4 is 4.90 Å². The summed E-state index contributed by atoms with van der Waals surface area (Å²) in [6.45, 7) is 8.29. The van der Waals surface area contributed by atoms with Gasteiger partial charge in [-0.3, -0.25) is 9.69 Å². The van der Waals surface area contributed by atoms with E-state index in [-0.39, 0.29) is 11.2 Å². The smallest absolute Gasteiger partial charge is 0.249 e. The molecule has 112 valence electrons. The van der Waals surface area contributed by atoms with Crippen molar-refractivity contribution in [3.8, 4) is 0 Å². The molecule has 1 unspecified atom stereocenters. The highest BCUT2D eigenvalue weighted by Crippen LogP contribution is 2.47. The van der Waals surface area contributed by atoms with Gasteiger partial charge in [-0.25, -0.2) is 0 Å². The Morgan fingerprint density at radius 2 is 1.86 bits per heavy atom. The number of amides is 1. The fraction of sp³-hybridized carbons (Fsp3) is 0.211. The molecule has 0 spiro atoms. The van der Waals surface area contributed by atoms with E-state index in [2.05, 4.69) is 32.6 Å². The third-order valence-electron chi connectivity index (χ3n) is 3.98. The number of thioether (sulfide) groups is 1. The molecule has 1 atom stereocenters. The first-order valence-corrected chi connectivity index (χ1v) is 8.34. The summed E-state index contributed by atoms with van der Waals surface area (Å²) >= 11 is 1.54. The highest BCUT2D eigenvalue weighted by atomic mass is 32.2. The minimum Gasteiger partial charge on any atom is -0.274 e. The van der Waals surface area contributed by atoms with Gasteiger partial charge in [0.15, 0.2) is 0 Å². The largest absolute Gasteiger partial charge is 0.274 e. The number of para-hydroxylation sites is 1. The van der Waals surface area contributed by atoms with Crippen molar-refractivity contribution >= 4 is 23.4 Å². The van der Waals surface area contributed by atoms with Crippen molar-refractivity contribution < 1.29 is 4.79 Å². The summed E-state index contributed by atoms with van der Waals surface area (Å²) in [5.74, 6) is 0.102. The molecule has 2 aromatic carbocycles. The Hall–Kier alpha value is -2.00. The molecule has 0 bridgehead atoms. The van der Waals surface area contributed by atoms with Crippen LogP contribution in [0.25, 0.3) is 0 Å². The van der Waals surface area contributed by atoms with Gasteiger partial charge >= 0.3 is 0 Å². The molecular formula is C19H19NOS. The van der Waals surface area contributed by atoms with Crippen LogP contribution in [0.2, 0.25) is 0 Å². The van der Waals surface area contributed by atoms with Gasteiger partial charge in [0, 0.05) is 0 Å². The molecular weight excluding hydrogens is 290 g/mol. The zero-order valence-corrected chi connectivity index (χ0v) is 13.7. The minimum absolute atomic E-state index is 0.102. The van der Waals surface area contributed by atoms with Crippen molar-refractivity contribution in [2.24, 2.45) is 0 Å². The SMILES string of the molecule is C=C1SC(c2ccccc2)C(=O)N1c1c(C)cccc1CC. The zero-order valence-electron chi connectivity index (χ0n) is 12.9. The Bertz CT molecular complexity index is 723. The maximum atomic E-state index is 13.0. The van der Waals surface area contributed by atoms with Crippen molar-refractivity contribution in [1.29, 1.82) is 0 Å². The molecule has 3 heteroatoms. The number of rotatable bonds is 3. The Kier molecular flexibility index (Phi) is 4.08. The summed E-state index contributed by atoms with van der Waals surface area (Å²) in [7, 11) is 0. The fourth-order valence-corrected chi connectivity index (χ4v) is 3.94. The van der Waals surface area contributed by atoms with Gasteiger partial charge in [-0.15, -0.1) is 0 Å². The molecule has 0 N–H and O–H groups in total. The lowest BCUT2D eigenvalue weighted by Gasteiger charge is -2.22. The average molecular weight is 309 g/mol. The van der Waals surface area contributed by atoms with Crippen LogP contribution in [0.5, 0.6) is 0 Å². The van der Waals surface area contributed by atoms with E-state index in [0.717, 1.165) is 28.3 Å². The topological polar surface area (TPSA) is 20.3 Å². The zero-order chi connectivity index (χ0) is 15.7. The first kappa shape index (κ1) is 14.9.